The summed E-state index contributed by atoms with van der Waals surface area (Å²) >= 11 is 0. The second kappa shape index (κ2) is 12.2. The second-order valence-corrected chi connectivity index (χ2v) is 15.9. The summed E-state index contributed by atoms with van der Waals surface area (Å²) in [6.45, 7) is 3.77. The van der Waals surface area contributed by atoms with Crippen molar-refractivity contribution in [3.05, 3.63) is 59.2 Å². The van der Waals surface area contributed by atoms with E-state index in [4.69, 9.17) is 4.84 Å². The summed E-state index contributed by atoms with van der Waals surface area (Å²) in [6, 6.07) is 10.3. The number of fused-ring (bicyclic) bond motifs is 2. The highest BCUT2D eigenvalue weighted by atomic mass is 32.3. The van der Waals surface area contributed by atoms with Crippen LogP contribution < -0.4 is 20.2 Å². The zero-order chi connectivity index (χ0) is 31.8. The predicted molar refractivity (Wildman–Crippen MR) is 166 cm³/mol. The first kappa shape index (κ1) is 32.9. The smallest absolute Gasteiger partial charge is 0.229 e. The SMILES string of the molecule is CONCCS(=O)(=O)NC1(CCC(C)C)C(=O)C(C2=NS(O)(O)c3cc(NS(C)(=O)=O)ccc3N2)=C(O)c2ccccc21. The second-order valence-electron chi connectivity index (χ2n) is 10.6. The van der Waals surface area contributed by atoms with Gasteiger partial charge in [0, 0.05) is 12.1 Å². The number of hydrogen-bond acceptors (Lipinski definition) is 12. The van der Waals surface area contributed by atoms with Crippen LogP contribution in [0.3, 0.4) is 0 Å². The molecule has 43 heavy (non-hydrogen) atoms. The minimum Gasteiger partial charge on any atom is -0.506 e. The fraction of sp³-hybridized carbons (Fsp3) is 0.385. The van der Waals surface area contributed by atoms with Gasteiger partial charge in [0.15, 0.2) is 11.6 Å². The lowest BCUT2D eigenvalue weighted by Crippen LogP contribution is -2.56. The van der Waals surface area contributed by atoms with Crippen molar-refractivity contribution in [1.29, 1.82) is 0 Å². The Morgan fingerprint density at radius 1 is 1.12 bits per heavy atom. The fourth-order valence-electron chi connectivity index (χ4n) is 4.92. The van der Waals surface area contributed by atoms with Crippen LogP contribution in [-0.2, 0) is 35.2 Å². The van der Waals surface area contributed by atoms with Crippen molar-refractivity contribution in [3.63, 3.8) is 0 Å². The number of anilines is 2. The number of amidine groups is 1. The first-order valence-corrected chi connectivity index (χ1v) is 18.2. The van der Waals surface area contributed by atoms with Crippen LogP contribution in [-0.4, -0.2) is 68.3 Å². The number of Topliss-reactive ketones (excluding diaryl/α,β-unsaturated/α-hetero) is 1. The van der Waals surface area contributed by atoms with Gasteiger partial charge in [-0.15, -0.1) is 4.40 Å². The van der Waals surface area contributed by atoms with Crippen LogP contribution in [0.4, 0.5) is 11.4 Å². The number of benzene rings is 2. The number of sulfonamides is 2. The van der Waals surface area contributed by atoms with Crippen LogP contribution in [0.2, 0.25) is 0 Å². The van der Waals surface area contributed by atoms with Crippen molar-refractivity contribution in [3.8, 4) is 0 Å². The van der Waals surface area contributed by atoms with Gasteiger partial charge >= 0.3 is 0 Å². The molecule has 0 saturated carbocycles. The number of carbonyl (C=O) groups excluding carboxylic acids is 1. The topological polar surface area (TPSA) is 216 Å². The number of ketones is 1. The number of hydrogen-bond donors (Lipinski definition) is 7. The maximum absolute atomic E-state index is 14.5. The Morgan fingerprint density at radius 3 is 2.47 bits per heavy atom. The van der Waals surface area contributed by atoms with Crippen LogP contribution in [0.1, 0.15) is 37.8 Å². The molecule has 2 aromatic rings. The average Bonchev–Trinajstić information content (AvgIpc) is 2.89. The first-order chi connectivity index (χ1) is 20.0. The minimum atomic E-state index is -4.13. The quantitative estimate of drug-likeness (QED) is 0.130. The van der Waals surface area contributed by atoms with Crippen molar-refractivity contribution < 1.29 is 40.7 Å². The lowest BCUT2D eigenvalue weighted by Gasteiger charge is -2.41. The molecule has 0 saturated heterocycles. The van der Waals surface area contributed by atoms with E-state index < -0.39 is 59.2 Å². The summed E-state index contributed by atoms with van der Waals surface area (Å²) in [5.41, 5.74) is 0.704. The summed E-state index contributed by atoms with van der Waals surface area (Å²) in [6.07, 6.45) is 1.38. The van der Waals surface area contributed by atoms with Crippen molar-refractivity contribution in [2.24, 2.45) is 10.3 Å². The molecule has 1 aliphatic heterocycles. The highest BCUT2D eigenvalue weighted by Crippen LogP contribution is 2.57. The summed E-state index contributed by atoms with van der Waals surface area (Å²) < 4.78 is 80.9. The van der Waals surface area contributed by atoms with Crippen LogP contribution in [0.15, 0.2) is 57.3 Å². The Balaban J connectivity index is 1.87. The van der Waals surface area contributed by atoms with Gasteiger partial charge in [-0.2, -0.15) is 4.72 Å². The summed E-state index contributed by atoms with van der Waals surface area (Å²) in [4.78, 5) is 19.1. The first-order valence-electron chi connectivity index (χ1n) is 13.1. The Labute approximate surface area is 252 Å². The monoisotopic (exact) mass is 657 g/mol. The van der Waals surface area contributed by atoms with Gasteiger partial charge in [-0.3, -0.25) is 18.6 Å². The number of aliphatic hydroxyl groups is 1. The molecular formula is C26H35N5O9S3. The summed E-state index contributed by atoms with van der Waals surface area (Å²) in [5.74, 6) is -2.11. The van der Waals surface area contributed by atoms with Crippen LogP contribution in [0.5, 0.6) is 0 Å². The molecule has 0 bridgehead atoms. The minimum absolute atomic E-state index is 0.0227. The van der Waals surface area contributed by atoms with E-state index >= 15 is 0 Å². The van der Waals surface area contributed by atoms with Crippen LogP contribution >= 0.6 is 10.8 Å². The van der Waals surface area contributed by atoms with Crippen molar-refractivity contribution in [1.82, 2.24) is 10.2 Å². The van der Waals surface area contributed by atoms with Gasteiger partial charge < -0.3 is 15.3 Å². The van der Waals surface area contributed by atoms with E-state index in [2.05, 4.69) is 24.6 Å². The van der Waals surface area contributed by atoms with Gasteiger partial charge in [-0.05, 0) is 42.5 Å². The predicted octanol–water partition coefficient (Wildman–Crippen LogP) is 3.16. The number of aliphatic hydroxyl groups excluding tert-OH is 1. The molecule has 2 aromatic carbocycles. The highest BCUT2D eigenvalue weighted by Gasteiger charge is 2.51. The number of hydroxylamine groups is 1. The van der Waals surface area contributed by atoms with Crippen molar-refractivity contribution in [2.75, 3.05) is 35.7 Å². The molecular weight excluding hydrogens is 623 g/mol. The zero-order valence-electron chi connectivity index (χ0n) is 23.9. The molecule has 7 N–H and O–H groups in total. The molecule has 1 unspecified atom stereocenters. The number of carbonyl (C=O) groups is 1. The standard InChI is InChI=1S/C26H35N5O9S3/c1-16(2)11-12-26(31-42(36,37)14-13-27-40-3)19-8-6-5-7-18(19)23(32)22(24(26)33)25-28-20-10-9-17(29-41(4,34)35)15-21(20)43(38,39)30-25/h5-10,15-16,27,29,31-32,38-39H,11-14H2,1-4H3,(H,28,30). The molecule has 0 aromatic heterocycles. The van der Waals surface area contributed by atoms with E-state index in [1.807, 2.05) is 13.8 Å². The van der Waals surface area contributed by atoms with Crippen LogP contribution in [0, 0.1) is 5.92 Å². The van der Waals surface area contributed by atoms with Gasteiger partial charge in [-0.1, -0.05) is 48.9 Å². The third kappa shape index (κ3) is 7.04. The number of nitrogens with zero attached hydrogens (tertiary/aromatic N) is 1. The summed E-state index contributed by atoms with van der Waals surface area (Å²) in [5, 5.41) is 14.3. The molecule has 1 heterocycles. The molecule has 14 nitrogen and oxygen atoms in total. The molecule has 0 radical (unpaired) electrons. The van der Waals surface area contributed by atoms with E-state index in [0.717, 1.165) is 6.26 Å². The molecule has 2 aliphatic rings. The van der Waals surface area contributed by atoms with E-state index in [9.17, 15) is 35.8 Å². The molecule has 1 aliphatic carbocycles. The third-order valence-electron chi connectivity index (χ3n) is 6.83. The zero-order valence-corrected chi connectivity index (χ0v) is 26.4. The Kier molecular flexibility index (Phi) is 9.30. The normalized spacial score (nSPS) is 20.6. The Hall–Kier alpha value is -3.03. The van der Waals surface area contributed by atoms with Gasteiger partial charge in [0.2, 0.25) is 20.0 Å². The van der Waals surface area contributed by atoms with Gasteiger partial charge in [0.1, 0.15) is 21.8 Å². The van der Waals surface area contributed by atoms with Crippen LogP contribution in [0.25, 0.3) is 5.76 Å². The van der Waals surface area contributed by atoms with Crippen molar-refractivity contribution >= 4 is 59.6 Å². The maximum Gasteiger partial charge on any atom is 0.229 e. The number of rotatable bonds is 12. The van der Waals surface area contributed by atoms with Crippen molar-refractivity contribution in [2.45, 2.75) is 37.1 Å². The Morgan fingerprint density at radius 2 is 1.81 bits per heavy atom. The van der Waals surface area contributed by atoms with Gasteiger partial charge in [-0.25, -0.2) is 22.3 Å². The molecule has 0 spiro atoms. The lowest BCUT2D eigenvalue weighted by molar-refractivity contribution is -0.121. The van der Waals surface area contributed by atoms with Gasteiger partial charge in [0.25, 0.3) is 0 Å². The fourth-order valence-corrected chi connectivity index (χ4v) is 7.96. The average molecular weight is 658 g/mol. The maximum atomic E-state index is 14.5. The highest BCUT2D eigenvalue weighted by molar-refractivity contribution is 8.23. The molecule has 1 atom stereocenters. The van der Waals surface area contributed by atoms with E-state index in [-0.39, 0.29) is 52.1 Å². The van der Waals surface area contributed by atoms with Gasteiger partial charge in [0.05, 0.1) is 30.5 Å². The Bertz CT molecular complexity index is 1710. The van der Waals surface area contributed by atoms with E-state index in [1.165, 1.54) is 31.4 Å². The lowest BCUT2D eigenvalue weighted by atomic mass is 9.72. The third-order valence-corrected chi connectivity index (χ3v) is 10.2. The molecule has 4 rings (SSSR count). The van der Waals surface area contributed by atoms with E-state index in [0.29, 0.717) is 6.42 Å². The largest absolute Gasteiger partial charge is 0.506 e. The molecule has 17 heteroatoms. The summed E-state index contributed by atoms with van der Waals surface area (Å²) in [7, 11) is -10.5. The number of nitrogens with one attached hydrogen (secondary N) is 4. The molecule has 0 amide bonds. The molecule has 236 valence electrons. The molecule has 0 fully saturated rings. The van der Waals surface area contributed by atoms with E-state index in [1.54, 1.807) is 18.2 Å².